The van der Waals surface area contributed by atoms with Gasteiger partial charge in [0.15, 0.2) is 12.4 Å². The first kappa shape index (κ1) is 14.4. The molecule has 0 aliphatic carbocycles. The summed E-state index contributed by atoms with van der Waals surface area (Å²) in [4.78, 5) is 11.3. The molecule has 0 aromatic heterocycles. The van der Waals surface area contributed by atoms with E-state index in [0.29, 0.717) is 29.7 Å². The van der Waals surface area contributed by atoms with E-state index >= 15 is 0 Å². The maximum Gasteiger partial charge on any atom is 0.262 e. The van der Waals surface area contributed by atoms with Crippen molar-refractivity contribution >= 4 is 28.9 Å². The fourth-order valence-electron chi connectivity index (χ4n) is 2.21. The zero-order valence-electron chi connectivity index (χ0n) is 11.9. The molecule has 2 heterocycles. The average Bonchev–Trinajstić information content (AvgIpc) is 2.42. The van der Waals surface area contributed by atoms with Crippen molar-refractivity contribution in [2.24, 2.45) is 0 Å². The van der Waals surface area contributed by atoms with Crippen molar-refractivity contribution in [2.45, 2.75) is 25.7 Å². The highest BCUT2D eigenvalue weighted by atomic mass is 35.5. The number of hydrogen-bond donors (Lipinski definition) is 2. The summed E-state index contributed by atoms with van der Waals surface area (Å²) in [6.45, 7) is 4.82. The van der Waals surface area contributed by atoms with E-state index in [-0.39, 0.29) is 18.6 Å². The van der Waals surface area contributed by atoms with Gasteiger partial charge in [0.05, 0.1) is 35.7 Å². The van der Waals surface area contributed by atoms with Crippen LogP contribution in [-0.4, -0.2) is 37.6 Å². The van der Waals surface area contributed by atoms with Crippen LogP contribution in [0.3, 0.4) is 0 Å². The fourth-order valence-corrected chi connectivity index (χ4v) is 2.42. The number of carbonyl (C=O) groups excluding carboxylic acids is 1. The number of benzene rings is 1. The van der Waals surface area contributed by atoms with E-state index in [4.69, 9.17) is 25.8 Å². The van der Waals surface area contributed by atoms with Crippen molar-refractivity contribution in [3.8, 4) is 5.75 Å². The Morgan fingerprint density at radius 3 is 2.76 bits per heavy atom. The molecular formula is C14H17ClN2O4. The molecule has 0 radical (unpaired) electrons. The van der Waals surface area contributed by atoms with E-state index < -0.39 is 5.79 Å². The number of hydrogen-bond acceptors (Lipinski definition) is 5. The highest BCUT2D eigenvalue weighted by molar-refractivity contribution is 6.33. The highest BCUT2D eigenvalue weighted by Crippen LogP contribution is 2.36. The van der Waals surface area contributed by atoms with E-state index in [2.05, 4.69) is 10.6 Å². The van der Waals surface area contributed by atoms with Crippen LogP contribution in [0.2, 0.25) is 5.02 Å². The number of nitrogens with one attached hydrogen (secondary N) is 2. The summed E-state index contributed by atoms with van der Waals surface area (Å²) >= 11 is 6.23. The van der Waals surface area contributed by atoms with Crippen molar-refractivity contribution in [3.05, 3.63) is 17.2 Å². The number of ether oxygens (including phenoxy) is 3. The molecule has 0 spiro atoms. The van der Waals surface area contributed by atoms with Gasteiger partial charge in [-0.3, -0.25) is 4.79 Å². The van der Waals surface area contributed by atoms with Gasteiger partial charge in [-0.25, -0.2) is 0 Å². The van der Waals surface area contributed by atoms with Gasteiger partial charge >= 0.3 is 0 Å². The van der Waals surface area contributed by atoms with Gasteiger partial charge in [0.25, 0.3) is 5.91 Å². The topological polar surface area (TPSA) is 68.8 Å². The largest absolute Gasteiger partial charge is 0.482 e. The van der Waals surface area contributed by atoms with E-state index in [9.17, 15) is 4.79 Å². The molecule has 2 aliphatic rings. The zero-order chi connectivity index (χ0) is 15.0. The highest BCUT2D eigenvalue weighted by Gasteiger charge is 2.29. The monoisotopic (exact) mass is 312 g/mol. The summed E-state index contributed by atoms with van der Waals surface area (Å²) in [5.74, 6) is -0.138. The predicted molar refractivity (Wildman–Crippen MR) is 79.0 cm³/mol. The van der Waals surface area contributed by atoms with Gasteiger partial charge in [-0.1, -0.05) is 11.6 Å². The Hall–Kier alpha value is -1.50. The van der Waals surface area contributed by atoms with Crippen molar-refractivity contribution in [3.63, 3.8) is 0 Å². The van der Waals surface area contributed by atoms with Crippen LogP contribution in [0.25, 0.3) is 0 Å². The second-order valence-electron chi connectivity index (χ2n) is 5.53. The van der Waals surface area contributed by atoms with Crippen LogP contribution in [0.5, 0.6) is 5.75 Å². The molecule has 1 fully saturated rings. The lowest BCUT2D eigenvalue weighted by Crippen LogP contribution is -2.45. The number of halogens is 1. The van der Waals surface area contributed by atoms with Gasteiger partial charge in [-0.2, -0.15) is 0 Å². The third-order valence-electron chi connectivity index (χ3n) is 3.33. The minimum absolute atomic E-state index is 0.00626. The van der Waals surface area contributed by atoms with Gasteiger partial charge in [0, 0.05) is 6.07 Å². The van der Waals surface area contributed by atoms with Crippen LogP contribution >= 0.6 is 11.6 Å². The molecule has 1 aromatic rings. The maximum atomic E-state index is 11.3. The Labute approximate surface area is 127 Å². The van der Waals surface area contributed by atoms with E-state index in [1.54, 1.807) is 12.1 Å². The second kappa shape index (κ2) is 5.36. The standard InChI is InChI=1S/C14H17ClN2O4/c1-14(2)20-5-8(6-21-14)16-10-4-12-11(3-9(10)15)17-13(18)7-19-12/h3-4,8,16H,5-7H2,1-2H3,(H,17,18). The van der Waals surface area contributed by atoms with Crippen molar-refractivity contribution in [1.29, 1.82) is 0 Å². The van der Waals surface area contributed by atoms with Gasteiger partial charge in [-0.05, 0) is 19.9 Å². The molecule has 0 saturated carbocycles. The van der Waals surface area contributed by atoms with Crippen LogP contribution in [0.15, 0.2) is 12.1 Å². The Morgan fingerprint density at radius 2 is 2.05 bits per heavy atom. The molecule has 1 amide bonds. The Morgan fingerprint density at radius 1 is 1.33 bits per heavy atom. The Balaban J connectivity index is 1.73. The molecule has 2 aliphatic heterocycles. The molecule has 0 atom stereocenters. The second-order valence-corrected chi connectivity index (χ2v) is 5.94. The summed E-state index contributed by atoms with van der Waals surface area (Å²) in [7, 11) is 0. The minimum atomic E-state index is -0.550. The lowest BCUT2D eigenvalue weighted by atomic mass is 10.2. The SMILES string of the molecule is CC1(C)OCC(Nc2cc3c(cc2Cl)NC(=O)CO3)CO1. The van der Waals surface area contributed by atoms with Gasteiger partial charge in [0.1, 0.15) is 5.75 Å². The molecule has 6 nitrogen and oxygen atoms in total. The molecule has 3 rings (SSSR count). The van der Waals surface area contributed by atoms with Crippen LogP contribution in [0, 0.1) is 0 Å². The maximum absolute atomic E-state index is 11.3. The first-order valence-electron chi connectivity index (χ1n) is 6.73. The number of amides is 1. The fraction of sp³-hybridized carbons (Fsp3) is 0.500. The van der Waals surface area contributed by atoms with E-state index in [1.165, 1.54) is 0 Å². The summed E-state index contributed by atoms with van der Waals surface area (Å²) in [6, 6.07) is 3.45. The number of rotatable bonds is 2. The molecular weight excluding hydrogens is 296 g/mol. The Kier molecular flexibility index (Phi) is 3.69. The molecule has 1 saturated heterocycles. The van der Waals surface area contributed by atoms with Crippen LogP contribution in [0.4, 0.5) is 11.4 Å². The van der Waals surface area contributed by atoms with Crippen molar-refractivity contribution in [2.75, 3.05) is 30.5 Å². The first-order chi connectivity index (χ1) is 9.93. The third kappa shape index (κ3) is 3.23. The summed E-state index contributed by atoms with van der Waals surface area (Å²) in [6.07, 6.45) is 0. The Bertz CT molecular complexity index is 566. The minimum Gasteiger partial charge on any atom is -0.482 e. The predicted octanol–water partition coefficient (Wildman–Crippen LogP) is 2.23. The number of anilines is 2. The molecule has 2 N–H and O–H groups in total. The lowest BCUT2D eigenvalue weighted by molar-refractivity contribution is -0.247. The van der Waals surface area contributed by atoms with E-state index in [0.717, 1.165) is 5.69 Å². The number of fused-ring (bicyclic) bond motifs is 1. The molecule has 0 bridgehead atoms. The summed E-state index contributed by atoms with van der Waals surface area (Å²) in [5.41, 5.74) is 1.31. The van der Waals surface area contributed by atoms with Crippen molar-refractivity contribution in [1.82, 2.24) is 0 Å². The zero-order valence-corrected chi connectivity index (χ0v) is 12.6. The summed E-state index contributed by atoms with van der Waals surface area (Å²) < 4.78 is 16.6. The molecule has 114 valence electrons. The van der Waals surface area contributed by atoms with Crippen LogP contribution in [-0.2, 0) is 14.3 Å². The summed E-state index contributed by atoms with van der Waals surface area (Å²) in [5, 5.41) is 6.49. The van der Waals surface area contributed by atoms with Gasteiger partial charge in [0.2, 0.25) is 0 Å². The molecule has 21 heavy (non-hydrogen) atoms. The van der Waals surface area contributed by atoms with E-state index in [1.807, 2.05) is 13.8 Å². The molecule has 1 aromatic carbocycles. The van der Waals surface area contributed by atoms with Gasteiger partial charge in [-0.15, -0.1) is 0 Å². The average molecular weight is 313 g/mol. The normalized spacial score (nSPS) is 21.2. The van der Waals surface area contributed by atoms with Crippen LogP contribution < -0.4 is 15.4 Å². The lowest BCUT2D eigenvalue weighted by Gasteiger charge is -2.35. The molecule has 0 unspecified atom stereocenters. The smallest absolute Gasteiger partial charge is 0.262 e. The first-order valence-corrected chi connectivity index (χ1v) is 7.11. The number of carbonyl (C=O) groups is 1. The molecule has 7 heteroatoms. The third-order valence-corrected chi connectivity index (χ3v) is 3.64. The quantitative estimate of drug-likeness (QED) is 0.876. The van der Waals surface area contributed by atoms with Gasteiger partial charge < -0.3 is 24.8 Å². The van der Waals surface area contributed by atoms with Crippen molar-refractivity contribution < 1.29 is 19.0 Å². The van der Waals surface area contributed by atoms with Crippen LogP contribution in [0.1, 0.15) is 13.8 Å².